The first kappa shape index (κ1) is 22.7. The van der Waals surface area contributed by atoms with Gasteiger partial charge in [0, 0.05) is 5.92 Å². The molecule has 1 aromatic carbocycles. The monoisotopic (exact) mass is 556 g/mol. The van der Waals surface area contributed by atoms with E-state index in [-0.39, 0.29) is 29.3 Å². The molecule has 6 unspecified atom stereocenters. The molecule has 11 heteroatoms. The number of phenolic OH excluding ortho intramolecular Hbond substituents is 1. The summed E-state index contributed by atoms with van der Waals surface area (Å²) in [4.78, 5) is 49.3. The van der Waals surface area contributed by atoms with Crippen molar-refractivity contribution in [2.45, 2.75) is 28.5 Å². The number of hydrogen-bond acceptors (Lipinski definition) is 6. The van der Waals surface area contributed by atoms with Crippen molar-refractivity contribution in [3.8, 4) is 11.5 Å². The van der Waals surface area contributed by atoms with Gasteiger partial charge in [-0.15, -0.1) is 23.2 Å². The number of aromatic hydroxyl groups is 1. The Morgan fingerprint density at radius 2 is 1.91 bits per heavy atom. The summed E-state index contributed by atoms with van der Waals surface area (Å²) in [6.45, 7) is 0. The number of amides is 4. The number of carbonyl (C=O) groups excluding carboxylic acids is 4. The number of rotatable bonds is 3. The average Bonchev–Trinajstić information content (AvgIpc) is 3.15. The van der Waals surface area contributed by atoms with Gasteiger partial charge >= 0.3 is 0 Å². The van der Waals surface area contributed by atoms with Gasteiger partial charge in [0.2, 0.25) is 11.8 Å². The number of carbonyl (C=O) groups is 4. The molecule has 0 bridgehead atoms. The van der Waals surface area contributed by atoms with Crippen molar-refractivity contribution in [2.24, 2.45) is 17.8 Å². The highest BCUT2D eigenvalue weighted by Crippen LogP contribution is 2.65. The van der Waals surface area contributed by atoms with Crippen molar-refractivity contribution in [3.63, 3.8) is 0 Å². The quantitative estimate of drug-likeness (QED) is 0.255. The lowest BCUT2D eigenvalue weighted by molar-refractivity contribution is -0.138. The summed E-state index contributed by atoms with van der Waals surface area (Å²) in [6, 6.07) is 4.55. The van der Waals surface area contributed by atoms with Crippen molar-refractivity contribution in [1.29, 1.82) is 0 Å². The minimum atomic E-state index is -1.88. The Bertz CT molecular complexity index is 1160. The number of phenols is 1. The van der Waals surface area contributed by atoms with E-state index in [0.717, 1.165) is 4.90 Å². The van der Waals surface area contributed by atoms with Crippen LogP contribution < -0.4 is 10.1 Å². The molecule has 33 heavy (non-hydrogen) atoms. The Balaban J connectivity index is 1.76. The molecular weight excluding hydrogens is 539 g/mol. The van der Waals surface area contributed by atoms with Gasteiger partial charge in [-0.05, 0) is 36.5 Å². The molecule has 8 nitrogen and oxygen atoms in total. The van der Waals surface area contributed by atoms with Gasteiger partial charge in [0.1, 0.15) is 0 Å². The third kappa shape index (κ3) is 2.76. The lowest BCUT2D eigenvalue weighted by Gasteiger charge is -2.50. The van der Waals surface area contributed by atoms with E-state index >= 15 is 0 Å². The highest BCUT2D eigenvalue weighted by molar-refractivity contribution is 9.09. The predicted molar refractivity (Wildman–Crippen MR) is 121 cm³/mol. The van der Waals surface area contributed by atoms with Crippen molar-refractivity contribution in [2.75, 3.05) is 12.6 Å². The third-order valence-corrected chi connectivity index (χ3v) is 9.31. The molecule has 6 atom stereocenters. The van der Waals surface area contributed by atoms with Gasteiger partial charge in [-0.1, -0.05) is 33.6 Å². The smallest absolute Gasteiger partial charge is 0.254 e. The number of hydrogen-bond donors (Lipinski definition) is 2. The van der Waals surface area contributed by atoms with E-state index in [1.165, 1.54) is 13.2 Å². The molecule has 1 saturated carbocycles. The van der Waals surface area contributed by atoms with E-state index in [2.05, 4.69) is 21.2 Å². The summed E-state index contributed by atoms with van der Waals surface area (Å²) >= 11 is 17.3. The Morgan fingerprint density at radius 3 is 2.58 bits per heavy atom. The molecule has 2 saturated heterocycles. The Labute approximate surface area is 207 Å². The van der Waals surface area contributed by atoms with Crippen molar-refractivity contribution in [1.82, 2.24) is 10.2 Å². The van der Waals surface area contributed by atoms with Crippen LogP contribution in [-0.2, 0) is 19.2 Å². The molecule has 2 aliphatic heterocycles. The van der Waals surface area contributed by atoms with Gasteiger partial charge in [-0.3, -0.25) is 29.4 Å². The molecule has 4 amide bonds. The molecule has 3 fully saturated rings. The second-order valence-electron chi connectivity index (χ2n) is 8.77. The first-order chi connectivity index (χ1) is 15.6. The van der Waals surface area contributed by atoms with Gasteiger partial charge in [0.25, 0.3) is 11.8 Å². The second-order valence-corrected chi connectivity index (χ2v) is 10.5. The van der Waals surface area contributed by atoms with Gasteiger partial charge in [0.05, 0.1) is 24.4 Å². The van der Waals surface area contributed by atoms with E-state index in [1.54, 1.807) is 12.1 Å². The maximum absolute atomic E-state index is 13.5. The number of halogens is 3. The van der Waals surface area contributed by atoms with Crippen LogP contribution in [0, 0.1) is 17.8 Å². The number of imide groups is 2. The van der Waals surface area contributed by atoms with E-state index in [9.17, 15) is 24.3 Å². The lowest BCUT2D eigenvalue weighted by Crippen LogP contribution is -2.60. The summed E-state index contributed by atoms with van der Waals surface area (Å²) in [7, 11) is 1.39. The zero-order valence-corrected chi connectivity index (χ0v) is 20.4. The summed E-state index contributed by atoms with van der Waals surface area (Å²) < 4.78 is 5.25. The molecule has 2 heterocycles. The number of benzene rings is 1. The average molecular weight is 558 g/mol. The summed E-state index contributed by atoms with van der Waals surface area (Å²) in [5.74, 6) is -4.76. The molecule has 1 aromatic rings. The molecule has 174 valence electrons. The van der Waals surface area contributed by atoms with E-state index < -0.39 is 51.1 Å². The SMILES string of the molecule is COc1cc(C2C3=CCC4C(=O)NC(=O)C4C3CC3(Cl)C(=O)N(CBr)C(=O)C23Cl)ccc1O. The van der Waals surface area contributed by atoms with Crippen LogP contribution in [0.5, 0.6) is 11.5 Å². The van der Waals surface area contributed by atoms with Crippen LogP contribution in [0.2, 0.25) is 0 Å². The molecule has 0 aromatic heterocycles. The minimum Gasteiger partial charge on any atom is -0.504 e. The molecule has 2 aliphatic carbocycles. The number of alkyl halides is 3. The first-order valence-corrected chi connectivity index (χ1v) is 12.2. The zero-order chi connectivity index (χ0) is 23.9. The lowest BCUT2D eigenvalue weighted by atomic mass is 9.56. The number of likely N-dealkylation sites (tertiary alicyclic amines) is 1. The van der Waals surface area contributed by atoms with Gasteiger partial charge in [-0.25, -0.2) is 0 Å². The fourth-order valence-corrected chi connectivity index (χ4v) is 7.34. The summed E-state index contributed by atoms with van der Waals surface area (Å²) in [5, 5.41) is 12.5. The van der Waals surface area contributed by atoms with Crippen LogP contribution >= 0.6 is 39.1 Å². The number of fused-ring (bicyclic) bond motifs is 4. The third-order valence-electron chi connectivity index (χ3n) is 7.39. The van der Waals surface area contributed by atoms with E-state index in [0.29, 0.717) is 17.6 Å². The highest BCUT2D eigenvalue weighted by atomic mass is 79.9. The zero-order valence-electron chi connectivity index (χ0n) is 17.3. The largest absolute Gasteiger partial charge is 0.504 e. The number of methoxy groups -OCH3 is 1. The summed E-state index contributed by atoms with van der Waals surface area (Å²) in [5.41, 5.74) is 1.09. The van der Waals surface area contributed by atoms with Crippen LogP contribution in [0.15, 0.2) is 29.8 Å². The molecule has 0 radical (unpaired) electrons. The number of allylic oxidation sites excluding steroid dienone is 2. The standard InChI is InChI=1S/C22H19BrCl2N2O6/c1-33-14-6-9(2-5-13(14)28)16-10-3-4-11-15(18(30)26-17(11)29)12(10)7-21(24)19(31)27(8-23)20(32)22(16,21)25/h2-3,5-6,11-12,15-16,28H,4,7-8H2,1H3,(H,26,29,30). The van der Waals surface area contributed by atoms with Gasteiger partial charge in [0.15, 0.2) is 21.2 Å². The Hall–Kier alpha value is -2.10. The van der Waals surface area contributed by atoms with Crippen LogP contribution in [0.4, 0.5) is 0 Å². The van der Waals surface area contributed by atoms with Crippen LogP contribution in [0.3, 0.4) is 0 Å². The molecular formula is C22H19BrCl2N2O6. The molecule has 0 spiro atoms. The summed E-state index contributed by atoms with van der Waals surface area (Å²) in [6.07, 6.45) is 2.07. The minimum absolute atomic E-state index is 0.0639. The predicted octanol–water partition coefficient (Wildman–Crippen LogP) is 2.40. The van der Waals surface area contributed by atoms with Crippen molar-refractivity contribution < 1.29 is 29.0 Å². The normalized spacial score (nSPS) is 37.3. The molecule has 2 N–H and O–H groups in total. The Kier molecular flexibility index (Phi) is 5.12. The maximum Gasteiger partial charge on any atom is 0.254 e. The van der Waals surface area contributed by atoms with E-state index in [1.807, 2.05) is 6.08 Å². The maximum atomic E-state index is 13.5. The number of nitrogens with one attached hydrogen (secondary N) is 1. The molecule has 4 aliphatic rings. The fraction of sp³-hybridized carbons (Fsp3) is 0.455. The van der Waals surface area contributed by atoms with Crippen LogP contribution in [0.1, 0.15) is 24.3 Å². The van der Waals surface area contributed by atoms with Crippen molar-refractivity contribution >= 4 is 62.8 Å². The van der Waals surface area contributed by atoms with Crippen LogP contribution in [0.25, 0.3) is 0 Å². The first-order valence-electron chi connectivity index (χ1n) is 10.3. The van der Waals surface area contributed by atoms with Gasteiger partial charge < -0.3 is 9.84 Å². The van der Waals surface area contributed by atoms with Crippen molar-refractivity contribution in [3.05, 3.63) is 35.4 Å². The second kappa shape index (κ2) is 7.45. The topological polar surface area (TPSA) is 113 Å². The number of nitrogens with zero attached hydrogens (tertiary/aromatic N) is 1. The highest BCUT2D eigenvalue weighted by Gasteiger charge is 2.76. The Morgan fingerprint density at radius 1 is 1.18 bits per heavy atom. The number of ether oxygens (including phenoxy) is 1. The van der Waals surface area contributed by atoms with Gasteiger partial charge in [-0.2, -0.15) is 0 Å². The molecule has 5 rings (SSSR count). The van der Waals surface area contributed by atoms with E-state index in [4.69, 9.17) is 27.9 Å². The fourth-order valence-electron chi connectivity index (χ4n) is 5.91. The van der Waals surface area contributed by atoms with Crippen LogP contribution in [-0.4, -0.2) is 55.9 Å².